The van der Waals surface area contributed by atoms with Gasteiger partial charge in [-0.25, -0.2) is 0 Å². The average Bonchev–Trinajstić information content (AvgIpc) is 2.63. The molecule has 1 N–H and O–H groups in total. The fourth-order valence-corrected chi connectivity index (χ4v) is 3.96. The van der Waals surface area contributed by atoms with E-state index in [-0.39, 0.29) is 5.54 Å². The van der Waals surface area contributed by atoms with Gasteiger partial charge in [-0.2, -0.15) is 0 Å². The molecule has 2 aliphatic heterocycles. The Labute approximate surface area is 146 Å². The molecule has 3 rings (SSSR count). The summed E-state index contributed by atoms with van der Waals surface area (Å²) in [6, 6.07) is 9.36. The lowest BCUT2D eigenvalue weighted by Gasteiger charge is -2.38. The third-order valence-corrected chi connectivity index (χ3v) is 5.74. The normalized spacial score (nSPS) is 22.7. The highest BCUT2D eigenvalue weighted by atomic mass is 16.5. The summed E-state index contributed by atoms with van der Waals surface area (Å²) >= 11 is 0. The Balaban J connectivity index is 1.59. The summed E-state index contributed by atoms with van der Waals surface area (Å²) in [6.07, 6.45) is 4.65. The zero-order valence-corrected chi connectivity index (χ0v) is 15.4. The highest BCUT2D eigenvalue weighted by Gasteiger charge is 2.32. The number of nitrogens with zero attached hydrogens (tertiary/aromatic N) is 1. The van der Waals surface area contributed by atoms with Crippen LogP contribution >= 0.6 is 0 Å². The van der Waals surface area contributed by atoms with Crippen molar-refractivity contribution in [1.82, 2.24) is 10.2 Å². The number of likely N-dealkylation sites (tertiary alicyclic amines) is 1. The van der Waals surface area contributed by atoms with Gasteiger partial charge in [0.15, 0.2) is 0 Å². The van der Waals surface area contributed by atoms with E-state index in [9.17, 15) is 0 Å². The van der Waals surface area contributed by atoms with Gasteiger partial charge >= 0.3 is 0 Å². The van der Waals surface area contributed by atoms with E-state index in [2.05, 4.69) is 55.4 Å². The number of piperidine rings is 1. The molecule has 1 aromatic carbocycles. The Morgan fingerprint density at radius 3 is 2.29 bits per heavy atom. The topological polar surface area (TPSA) is 33.7 Å². The molecule has 0 amide bonds. The monoisotopic (exact) mass is 332 g/mol. The summed E-state index contributed by atoms with van der Waals surface area (Å²) in [7, 11) is 2.05. The van der Waals surface area contributed by atoms with Crippen molar-refractivity contribution in [1.29, 1.82) is 0 Å². The van der Waals surface area contributed by atoms with Crippen molar-refractivity contribution in [3.63, 3.8) is 0 Å². The van der Waals surface area contributed by atoms with Crippen molar-refractivity contribution in [3.05, 3.63) is 29.8 Å². The highest BCUT2D eigenvalue weighted by Crippen LogP contribution is 2.33. The van der Waals surface area contributed by atoms with Crippen molar-refractivity contribution >= 4 is 0 Å². The largest absolute Gasteiger partial charge is 0.490 e. The second-order valence-electron chi connectivity index (χ2n) is 7.42. The fourth-order valence-electron chi connectivity index (χ4n) is 3.96. The molecule has 2 aliphatic rings. The van der Waals surface area contributed by atoms with Gasteiger partial charge in [0.2, 0.25) is 0 Å². The third-order valence-electron chi connectivity index (χ3n) is 5.74. The van der Waals surface area contributed by atoms with Crippen LogP contribution < -0.4 is 10.1 Å². The first-order valence-corrected chi connectivity index (χ1v) is 9.41. The summed E-state index contributed by atoms with van der Waals surface area (Å²) in [5.74, 6) is 1.00. The summed E-state index contributed by atoms with van der Waals surface area (Å²) < 4.78 is 11.7. The van der Waals surface area contributed by atoms with Gasteiger partial charge in [0.05, 0.1) is 0 Å². The third kappa shape index (κ3) is 3.93. The zero-order chi connectivity index (χ0) is 17.0. The van der Waals surface area contributed by atoms with Crippen LogP contribution in [0, 0.1) is 0 Å². The number of hydrogen-bond donors (Lipinski definition) is 1. The molecule has 1 aromatic rings. The van der Waals surface area contributed by atoms with Crippen molar-refractivity contribution in [3.8, 4) is 5.75 Å². The van der Waals surface area contributed by atoms with E-state index < -0.39 is 0 Å². The lowest BCUT2D eigenvalue weighted by molar-refractivity contribution is 0.0398. The molecule has 134 valence electrons. The minimum Gasteiger partial charge on any atom is -0.490 e. The van der Waals surface area contributed by atoms with Gasteiger partial charge in [-0.1, -0.05) is 12.1 Å². The van der Waals surface area contributed by atoms with Gasteiger partial charge in [-0.3, -0.25) is 0 Å². The van der Waals surface area contributed by atoms with Crippen LogP contribution in [-0.2, 0) is 10.3 Å². The van der Waals surface area contributed by atoms with Crippen LogP contribution in [0.2, 0.25) is 0 Å². The molecule has 0 saturated carbocycles. The van der Waals surface area contributed by atoms with Crippen LogP contribution in [0.4, 0.5) is 0 Å². The van der Waals surface area contributed by atoms with E-state index in [1.807, 2.05) is 0 Å². The average molecular weight is 332 g/mol. The molecule has 2 fully saturated rings. The number of hydrogen-bond acceptors (Lipinski definition) is 4. The van der Waals surface area contributed by atoms with Crippen molar-refractivity contribution in [2.75, 3.05) is 33.4 Å². The van der Waals surface area contributed by atoms with E-state index in [1.54, 1.807) is 0 Å². The Kier molecular flexibility index (Phi) is 5.80. The number of rotatable bonds is 5. The molecule has 24 heavy (non-hydrogen) atoms. The Morgan fingerprint density at radius 2 is 1.75 bits per heavy atom. The Morgan fingerprint density at radius 1 is 1.12 bits per heavy atom. The van der Waals surface area contributed by atoms with Gasteiger partial charge < -0.3 is 19.7 Å². The number of nitrogens with one attached hydrogen (secondary N) is 1. The second-order valence-corrected chi connectivity index (χ2v) is 7.42. The molecule has 2 heterocycles. The van der Waals surface area contributed by atoms with Crippen LogP contribution in [0.25, 0.3) is 0 Å². The lowest BCUT2D eigenvalue weighted by atomic mass is 9.83. The summed E-state index contributed by atoms with van der Waals surface area (Å²) in [5, 5.41) is 3.52. The maximum atomic E-state index is 6.22. The first kappa shape index (κ1) is 17.7. The molecule has 4 heteroatoms. The molecule has 2 saturated heterocycles. The zero-order valence-electron chi connectivity index (χ0n) is 15.4. The molecule has 0 aliphatic carbocycles. The standard InChI is InChI=1S/C20H32N2O2/c1-16(2)22-12-8-19(9-13-22)24-18-6-4-17(5-7-18)20(21-3)10-14-23-15-11-20/h4-7,16,19,21H,8-15H2,1-3H3. The van der Waals surface area contributed by atoms with E-state index >= 15 is 0 Å². The SMILES string of the molecule is CNC1(c2ccc(OC3CCN(C(C)C)CC3)cc2)CCOCC1. The van der Waals surface area contributed by atoms with Crippen LogP contribution in [0.15, 0.2) is 24.3 Å². The van der Waals surface area contributed by atoms with E-state index in [1.165, 1.54) is 5.56 Å². The summed E-state index contributed by atoms with van der Waals surface area (Å²) in [5.41, 5.74) is 1.40. The molecule has 4 nitrogen and oxygen atoms in total. The van der Waals surface area contributed by atoms with Crippen molar-refractivity contribution < 1.29 is 9.47 Å². The first-order chi connectivity index (χ1) is 11.6. The van der Waals surface area contributed by atoms with Gasteiger partial charge in [0.25, 0.3) is 0 Å². The van der Waals surface area contributed by atoms with Crippen LogP contribution in [0.3, 0.4) is 0 Å². The molecule has 0 unspecified atom stereocenters. The molecule has 0 spiro atoms. The molecule has 0 atom stereocenters. The second kappa shape index (κ2) is 7.85. The summed E-state index contributed by atoms with van der Waals surface area (Å²) in [4.78, 5) is 2.53. The number of benzene rings is 1. The highest BCUT2D eigenvalue weighted by molar-refractivity contribution is 5.32. The first-order valence-electron chi connectivity index (χ1n) is 9.41. The van der Waals surface area contributed by atoms with Gasteiger partial charge in [-0.15, -0.1) is 0 Å². The van der Waals surface area contributed by atoms with Crippen LogP contribution in [0.5, 0.6) is 5.75 Å². The minimum absolute atomic E-state index is 0.0549. The van der Waals surface area contributed by atoms with Crippen molar-refractivity contribution in [2.24, 2.45) is 0 Å². The predicted octanol–water partition coefficient (Wildman–Crippen LogP) is 3.16. The van der Waals surface area contributed by atoms with Crippen LogP contribution in [-0.4, -0.2) is 50.4 Å². The Bertz CT molecular complexity index is 501. The quantitative estimate of drug-likeness (QED) is 0.898. The Hall–Kier alpha value is -1.10. The molecule has 0 radical (unpaired) electrons. The minimum atomic E-state index is 0.0549. The van der Waals surface area contributed by atoms with E-state index in [0.29, 0.717) is 12.1 Å². The number of ether oxygens (including phenoxy) is 2. The van der Waals surface area contributed by atoms with E-state index in [0.717, 1.165) is 57.7 Å². The van der Waals surface area contributed by atoms with E-state index in [4.69, 9.17) is 9.47 Å². The van der Waals surface area contributed by atoms with Gasteiger partial charge in [0, 0.05) is 37.9 Å². The molecule has 0 aromatic heterocycles. The van der Waals surface area contributed by atoms with Crippen molar-refractivity contribution in [2.45, 2.75) is 57.2 Å². The fraction of sp³-hybridized carbons (Fsp3) is 0.700. The maximum absolute atomic E-state index is 6.22. The van der Waals surface area contributed by atoms with Gasteiger partial charge in [0.1, 0.15) is 11.9 Å². The predicted molar refractivity (Wildman–Crippen MR) is 97.6 cm³/mol. The lowest BCUT2D eigenvalue weighted by Crippen LogP contribution is -2.44. The molecule has 0 bridgehead atoms. The molecular weight excluding hydrogens is 300 g/mol. The smallest absolute Gasteiger partial charge is 0.119 e. The maximum Gasteiger partial charge on any atom is 0.119 e. The molecular formula is C20H32N2O2. The van der Waals surface area contributed by atoms with Crippen LogP contribution in [0.1, 0.15) is 45.1 Å². The van der Waals surface area contributed by atoms with Gasteiger partial charge in [-0.05, 0) is 64.3 Å². The summed E-state index contributed by atoms with van der Waals surface area (Å²) in [6.45, 7) is 8.48.